The number of fused-ring (bicyclic) bond motifs is 1. The molecule has 0 unspecified atom stereocenters. The second-order valence-corrected chi connectivity index (χ2v) is 9.06. The van der Waals surface area contributed by atoms with E-state index in [1.165, 1.54) is 16.2 Å². The average Bonchev–Trinajstić information content (AvgIpc) is 3.32. The minimum Gasteiger partial charge on any atom is -0.332 e. The normalized spacial score (nSPS) is 11.0. The predicted octanol–water partition coefficient (Wildman–Crippen LogP) is 4.78. The summed E-state index contributed by atoms with van der Waals surface area (Å²) in [6, 6.07) is 17.9. The number of para-hydroxylation sites is 1. The molecule has 0 bridgehead atoms. The number of hydrogen-bond donors (Lipinski definition) is 1. The van der Waals surface area contributed by atoms with Crippen molar-refractivity contribution in [3.8, 4) is 0 Å². The number of amides is 2. The van der Waals surface area contributed by atoms with Gasteiger partial charge in [-0.3, -0.25) is 14.3 Å². The summed E-state index contributed by atoms with van der Waals surface area (Å²) in [4.78, 5) is 28.6. The smallest absolute Gasteiger partial charge is 0.264 e. The summed E-state index contributed by atoms with van der Waals surface area (Å²) in [5, 5.41) is 8.55. The van der Waals surface area contributed by atoms with Crippen molar-refractivity contribution < 1.29 is 9.59 Å². The van der Waals surface area contributed by atoms with Gasteiger partial charge in [-0.1, -0.05) is 48.5 Å². The number of carbonyl (C=O) groups is 2. The van der Waals surface area contributed by atoms with E-state index in [4.69, 9.17) is 0 Å². The molecule has 4 rings (SSSR count). The molecule has 2 aromatic carbocycles. The molecule has 0 aliphatic rings. The molecule has 2 amide bonds. The number of nitrogens with zero attached hydrogens (tertiary/aromatic N) is 3. The average molecular weight is 447 g/mol. The van der Waals surface area contributed by atoms with Crippen LogP contribution in [0.4, 0.5) is 5.69 Å². The van der Waals surface area contributed by atoms with E-state index in [0.717, 1.165) is 38.3 Å². The van der Waals surface area contributed by atoms with Crippen LogP contribution in [0.1, 0.15) is 32.1 Å². The standard InChI is InChI=1S/C25H26N4O2S/c1-16-9-8-10-17(2)23(16)26-22(30)15-28(4)24(31)21-13-20-18(3)27-29(25(20)32-21)14-19-11-6-5-7-12-19/h5-13H,14-15H2,1-4H3,(H,26,30). The maximum Gasteiger partial charge on any atom is 0.264 e. The third-order valence-corrected chi connectivity index (χ3v) is 6.60. The number of thiophene rings is 1. The molecule has 164 valence electrons. The van der Waals surface area contributed by atoms with E-state index in [9.17, 15) is 9.59 Å². The number of aryl methyl sites for hydroxylation is 3. The fourth-order valence-electron chi connectivity index (χ4n) is 3.75. The van der Waals surface area contributed by atoms with Crippen molar-refractivity contribution in [2.75, 3.05) is 18.9 Å². The first-order chi connectivity index (χ1) is 15.3. The van der Waals surface area contributed by atoms with Gasteiger partial charge >= 0.3 is 0 Å². The number of likely N-dealkylation sites (N-methyl/N-ethyl adjacent to an activating group) is 1. The lowest BCUT2D eigenvalue weighted by Gasteiger charge is -2.17. The summed E-state index contributed by atoms with van der Waals surface area (Å²) in [6.07, 6.45) is 0. The Kier molecular flexibility index (Phi) is 6.10. The van der Waals surface area contributed by atoms with Crippen LogP contribution in [0.25, 0.3) is 10.2 Å². The van der Waals surface area contributed by atoms with Crippen molar-refractivity contribution in [2.45, 2.75) is 27.3 Å². The zero-order valence-corrected chi connectivity index (χ0v) is 19.5. The fourth-order valence-corrected chi connectivity index (χ4v) is 4.90. The lowest BCUT2D eigenvalue weighted by molar-refractivity contribution is -0.116. The van der Waals surface area contributed by atoms with Gasteiger partial charge in [-0.25, -0.2) is 0 Å². The zero-order chi connectivity index (χ0) is 22.8. The molecule has 0 saturated heterocycles. The summed E-state index contributed by atoms with van der Waals surface area (Å²) in [5.41, 5.74) is 4.84. The molecule has 7 heteroatoms. The van der Waals surface area contributed by atoms with Gasteiger partial charge in [0.15, 0.2) is 0 Å². The molecule has 2 aromatic heterocycles. The summed E-state index contributed by atoms with van der Waals surface area (Å²) in [7, 11) is 1.65. The van der Waals surface area contributed by atoms with Gasteiger partial charge in [0.1, 0.15) is 4.83 Å². The van der Waals surface area contributed by atoms with Crippen molar-refractivity contribution in [2.24, 2.45) is 0 Å². The largest absolute Gasteiger partial charge is 0.332 e. The molecule has 0 aliphatic carbocycles. The van der Waals surface area contributed by atoms with E-state index in [1.54, 1.807) is 7.05 Å². The van der Waals surface area contributed by atoms with Gasteiger partial charge in [-0.15, -0.1) is 11.3 Å². The van der Waals surface area contributed by atoms with Gasteiger partial charge in [-0.2, -0.15) is 5.10 Å². The van der Waals surface area contributed by atoms with E-state index in [0.29, 0.717) is 11.4 Å². The summed E-state index contributed by atoms with van der Waals surface area (Å²) in [5.74, 6) is -0.390. The maximum absolute atomic E-state index is 13.0. The Morgan fingerprint density at radius 3 is 2.41 bits per heavy atom. The molecule has 0 spiro atoms. The molecular weight excluding hydrogens is 420 g/mol. The molecule has 6 nitrogen and oxygen atoms in total. The minimum atomic E-state index is -0.217. The van der Waals surface area contributed by atoms with Gasteiger partial charge in [0, 0.05) is 18.1 Å². The Bertz CT molecular complexity index is 1270. The van der Waals surface area contributed by atoms with Crippen LogP contribution < -0.4 is 5.32 Å². The van der Waals surface area contributed by atoms with E-state index in [-0.39, 0.29) is 18.4 Å². The molecular formula is C25H26N4O2S. The number of hydrogen-bond acceptors (Lipinski definition) is 4. The number of nitrogens with one attached hydrogen (secondary N) is 1. The number of anilines is 1. The zero-order valence-electron chi connectivity index (χ0n) is 18.7. The van der Waals surface area contributed by atoms with Crippen molar-refractivity contribution in [3.63, 3.8) is 0 Å². The summed E-state index contributed by atoms with van der Waals surface area (Å²) >= 11 is 1.41. The van der Waals surface area contributed by atoms with Gasteiger partial charge in [0.25, 0.3) is 5.91 Å². The third-order valence-electron chi connectivity index (χ3n) is 5.47. The first-order valence-electron chi connectivity index (χ1n) is 10.5. The Morgan fingerprint density at radius 1 is 1.03 bits per heavy atom. The van der Waals surface area contributed by atoms with Crippen LogP contribution in [0.2, 0.25) is 0 Å². The van der Waals surface area contributed by atoms with Gasteiger partial charge in [-0.05, 0) is 43.5 Å². The van der Waals surface area contributed by atoms with Crippen LogP contribution in [0.15, 0.2) is 54.6 Å². The van der Waals surface area contributed by atoms with Crippen molar-refractivity contribution in [1.29, 1.82) is 0 Å². The minimum absolute atomic E-state index is 0.0179. The van der Waals surface area contributed by atoms with Crippen molar-refractivity contribution in [3.05, 3.63) is 81.9 Å². The highest BCUT2D eigenvalue weighted by Gasteiger charge is 2.21. The lowest BCUT2D eigenvalue weighted by atomic mass is 10.1. The second-order valence-electron chi connectivity index (χ2n) is 8.03. The highest BCUT2D eigenvalue weighted by molar-refractivity contribution is 7.20. The van der Waals surface area contributed by atoms with E-state index < -0.39 is 0 Å². The SMILES string of the molecule is Cc1cccc(C)c1NC(=O)CN(C)C(=O)c1cc2c(C)nn(Cc3ccccc3)c2s1. The molecule has 0 fully saturated rings. The lowest BCUT2D eigenvalue weighted by Crippen LogP contribution is -2.34. The number of aromatic nitrogens is 2. The molecule has 32 heavy (non-hydrogen) atoms. The Morgan fingerprint density at radius 2 is 1.72 bits per heavy atom. The molecule has 0 aliphatic heterocycles. The van der Waals surface area contributed by atoms with Gasteiger partial charge in [0.05, 0.1) is 23.7 Å². The molecule has 0 radical (unpaired) electrons. The van der Waals surface area contributed by atoms with Crippen molar-refractivity contribution in [1.82, 2.24) is 14.7 Å². The topological polar surface area (TPSA) is 67.2 Å². The number of benzene rings is 2. The Hall–Kier alpha value is -3.45. The fraction of sp³-hybridized carbons (Fsp3) is 0.240. The van der Waals surface area contributed by atoms with Crippen LogP contribution in [0, 0.1) is 20.8 Å². The van der Waals surface area contributed by atoms with Gasteiger partial charge < -0.3 is 10.2 Å². The predicted molar refractivity (Wildman–Crippen MR) is 129 cm³/mol. The van der Waals surface area contributed by atoms with Crippen LogP contribution >= 0.6 is 11.3 Å². The monoisotopic (exact) mass is 446 g/mol. The van der Waals surface area contributed by atoms with Gasteiger partial charge in [0.2, 0.25) is 5.91 Å². The first-order valence-corrected chi connectivity index (χ1v) is 11.3. The quantitative estimate of drug-likeness (QED) is 0.463. The summed E-state index contributed by atoms with van der Waals surface area (Å²) in [6.45, 7) is 6.49. The Labute approximate surface area is 191 Å². The molecule has 0 saturated carbocycles. The van der Waals surface area contributed by atoms with E-state index in [1.807, 2.05) is 67.9 Å². The highest BCUT2D eigenvalue weighted by Crippen LogP contribution is 2.29. The molecule has 1 N–H and O–H groups in total. The van der Waals surface area contributed by atoms with Crippen molar-refractivity contribution >= 4 is 39.1 Å². The van der Waals surface area contributed by atoms with Crippen LogP contribution in [0.3, 0.4) is 0 Å². The first kappa shape index (κ1) is 21.8. The number of rotatable bonds is 6. The van der Waals surface area contributed by atoms with Crippen LogP contribution in [-0.2, 0) is 11.3 Å². The third kappa shape index (κ3) is 4.43. The molecule has 4 aromatic rings. The number of carbonyl (C=O) groups excluding carboxylic acids is 2. The summed E-state index contributed by atoms with van der Waals surface area (Å²) < 4.78 is 1.94. The second kappa shape index (κ2) is 8.96. The highest BCUT2D eigenvalue weighted by atomic mass is 32.1. The molecule has 2 heterocycles. The Balaban J connectivity index is 1.49. The van der Waals surface area contributed by atoms with Crippen LogP contribution in [-0.4, -0.2) is 40.1 Å². The molecule has 0 atom stereocenters. The van der Waals surface area contributed by atoms with E-state index in [2.05, 4.69) is 22.5 Å². The van der Waals surface area contributed by atoms with E-state index >= 15 is 0 Å². The van der Waals surface area contributed by atoms with Crippen LogP contribution in [0.5, 0.6) is 0 Å². The maximum atomic E-state index is 13.0.